The third-order valence-electron chi connectivity index (χ3n) is 4.97. The van der Waals surface area contributed by atoms with Gasteiger partial charge in [-0.15, -0.1) is 0 Å². The average molecular weight is 458 g/mol. The Balaban J connectivity index is 3.97. The van der Waals surface area contributed by atoms with Crippen LogP contribution in [-0.4, -0.2) is 34.9 Å². The molecule has 1 amide bonds. The van der Waals surface area contributed by atoms with E-state index in [-0.39, 0.29) is 18.9 Å². The van der Waals surface area contributed by atoms with Crippen molar-refractivity contribution >= 4 is 5.91 Å². The van der Waals surface area contributed by atoms with Crippen molar-refractivity contribution in [2.45, 2.75) is 96.6 Å². The van der Waals surface area contributed by atoms with Gasteiger partial charge in [0.15, 0.2) is 0 Å². The zero-order chi connectivity index (χ0) is 24.4. The molecule has 0 heterocycles. The number of rotatable bonds is 20. The molecular weight excluding hydrogens is 410 g/mol. The molecule has 2 unspecified atom stereocenters. The summed E-state index contributed by atoms with van der Waals surface area (Å²) in [6.45, 7) is 4.02. The maximum Gasteiger partial charge on any atom is 0.224 e. The monoisotopic (exact) mass is 457 g/mol. The molecule has 0 aliphatic heterocycles. The van der Waals surface area contributed by atoms with Gasteiger partial charge in [0.1, 0.15) is 0 Å². The SMILES string of the molecule is CC/C=C\C/C=C\C/C=C\C/C=C\C/C=C\CC(=O)NC(CO)C(O)/C=C/CCCCCC. The Morgan fingerprint density at radius 2 is 1.30 bits per heavy atom. The third kappa shape index (κ3) is 21.4. The standard InChI is InChI=1S/C29H47NO3/c1-3-5-7-9-11-12-13-14-15-16-17-18-19-21-23-25-29(33)30-27(26-31)28(32)24-22-20-10-8-6-4-2/h5,7,11-12,14-15,17-18,21-24,27-28,31-32H,3-4,6,8-10,13,16,19-20,25-26H2,1-2H3,(H,30,33)/b7-5-,12-11-,15-14-,18-17-,23-21-,24-22+. The lowest BCUT2D eigenvalue weighted by Crippen LogP contribution is -2.44. The van der Waals surface area contributed by atoms with E-state index >= 15 is 0 Å². The number of carbonyl (C=O) groups excluding carboxylic acids is 1. The van der Waals surface area contributed by atoms with E-state index in [0.717, 1.165) is 44.9 Å². The maximum absolute atomic E-state index is 12.1. The Hall–Kier alpha value is -2.17. The van der Waals surface area contributed by atoms with Crippen molar-refractivity contribution in [1.29, 1.82) is 0 Å². The van der Waals surface area contributed by atoms with Gasteiger partial charge in [0.25, 0.3) is 0 Å². The first-order valence-corrected chi connectivity index (χ1v) is 12.7. The summed E-state index contributed by atoms with van der Waals surface area (Å²) in [6, 6.07) is -0.674. The molecule has 4 nitrogen and oxygen atoms in total. The Morgan fingerprint density at radius 3 is 1.82 bits per heavy atom. The van der Waals surface area contributed by atoms with E-state index in [1.807, 2.05) is 18.2 Å². The van der Waals surface area contributed by atoms with Crippen LogP contribution in [0.25, 0.3) is 0 Å². The van der Waals surface area contributed by atoms with Crippen molar-refractivity contribution < 1.29 is 15.0 Å². The fraction of sp³-hybridized carbons (Fsp3) is 0.552. The molecule has 0 aliphatic rings. The molecule has 0 spiro atoms. The van der Waals surface area contributed by atoms with Gasteiger partial charge in [-0.25, -0.2) is 0 Å². The molecule has 0 rings (SSSR count). The highest BCUT2D eigenvalue weighted by atomic mass is 16.3. The van der Waals surface area contributed by atoms with Gasteiger partial charge in [-0.05, 0) is 44.9 Å². The minimum Gasteiger partial charge on any atom is -0.394 e. The zero-order valence-electron chi connectivity index (χ0n) is 20.9. The maximum atomic E-state index is 12.1. The summed E-state index contributed by atoms with van der Waals surface area (Å²) in [4.78, 5) is 12.1. The van der Waals surface area contributed by atoms with E-state index in [1.165, 1.54) is 19.3 Å². The molecule has 3 N–H and O–H groups in total. The zero-order valence-corrected chi connectivity index (χ0v) is 20.9. The number of nitrogens with one attached hydrogen (secondary N) is 1. The van der Waals surface area contributed by atoms with Crippen LogP contribution in [0.4, 0.5) is 0 Å². The molecule has 0 bridgehead atoms. The number of allylic oxidation sites excluding steroid dienone is 10. The number of hydrogen-bond acceptors (Lipinski definition) is 3. The average Bonchev–Trinajstić information content (AvgIpc) is 2.82. The second-order valence-corrected chi connectivity index (χ2v) is 8.04. The molecule has 0 aromatic heterocycles. The van der Waals surface area contributed by atoms with Crippen LogP contribution in [0.5, 0.6) is 0 Å². The van der Waals surface area contributed by atoms with Crippen LogP contribution >= 0.6 is 0 Å². The van der Waals surface area contributed by atoms with Gasteiger partial charge in [0, 0.05) is 6.42 Å². The second-order valence-electron chi connectivity index (χ2n) is 8.04. The van der Waals surface area contributed by atoms with E-state index in [9.17, 15) is 15.0 Å². The van der Waals surface area contributed by atoms with Crippen molar-refractivity contribution in [2.75, 3.05) is 6.61 Å². The molecule has 0 aromatic carbocycles. The van der Waals surface area contributed by atoms with Gasteiger partial charge < -0.3 is 15.5 Å². The summed E-state index contributed by atoms with van der Waals surface area (Å²) < 4.78 is 0. The summed E-state index contributed by atoms with van der Waals surface area (Å²) in [5.74, 6) is -0.203. The lowest BCUT2D eigenvalue weighted by atomic mass is 10.1. The van der Waals surface area contributed by atoms with Crippen LogP contribution in [0.3, 0.4) is 0 Å². The van der Waals surface area contributed by atoms with Gasteiger partial charge in [0.2, 0.25) is 5.91 Å². The fourth-order valence-corrected chi connectivity index (χ4v) is 3.00. The molecule has 2 atom stereocenters. The van der Waals surface area contributed by atoms with Crippen molar-refractivity contribution in [3.63, 3.8) is 0 Å². The number of unbranched alkanes of at least 4 members (excludes halogenated alkanes) is 4. The highest BCUT2D eigenvalue weighted by Crippen LogP contribution is 2.05. The summed E-state index contributed by atoms with van der Waals surface area (Å²) in [7, 11) is 0. The number of carbonyl (C=O) groups is 1. The molecule has 0 saturated heterocycles. The van der Waals surface area contributed by atoms with Crippen LogP contribution in [0, 0.1) is 0 Å². The van der Waals surface area contributed by atoms with Crippen molar-refractivity contribution in [3.05, 3.63) is 72.9 Å². The molecule has 186 valence electrons. The normalized spacial score (nSPS) is 14.7. The summed E-state index contributed by atoms with van der Waals surface area (Å²) >= 11 is 0. The van der Waals surface area contributed by atoms with Gasteiger partial charge >= 0.3 is 0 Å². The summed E-state index contributed by atoms with van der Waals surface area (Å²) in [5, 5.41) is 22.3. The van der Waals surface area contributed by atoms with Gasteiger partial charge in [0.05, 0.1) is 18.8 Å². The molecule has 0 aliphatic carbocycles. The van der Waals surface area contributed by atoms with Crippen molar-refractivity contribution in [2.24, 2.45) is 0 Å². The molecular formula is C29H47NO3. The van der Waals surface area contributed by atoms with E-state index in [2.05, 4.69) is 67.8 Å². The van der Waals surface area contributed by atoms with Crippen LogP contribution in [0.2, 0.25) is 0 Å². The number of hydrogen-bond donors (Lipinski definition) is 3. The first-order chi connectivity index (χ1) is 16.2. The summed E-state index contributed by atoms with van der Waals surface area (Å²) in [6.07, 6.45) is 34.3. The molecule has 0 saturated carbocycles. The molecule has 0 radical (unpaired) electrons. The fourth-order valence-electron chi connectivity index (χ4n) is 3.00. The van der Waals surface area contributed by atoms with E-state index in [0.29, 0.717) is 0 Å². The van der Waals surface area contributed by atoms with Gasteiger partial charge in [-0.2, -0.15) is 0 Å². The lowest BCUT2D eigenvalue weighted by molar-refractivity contribution is -0.122. The topological polar surface area (TPSA) is 69.6 Å². The van der Waals surface area contributed by atoms with E-state index in [4.69, 9.17) is 0 Å². The van der Waals surface area contributed by atoms with Crippen molar-refractivity contribution in [3.8, 4) is 0 Å². The highest BCUT2D eigenvalue weighted by Gasteiger charge is 2.17. The quantitative estimate of drug-likeness (QED) is 0.144. The van der Waals surface area contributed by atoms with Crippen molar-refractivity contribution in [1.82, 2.24) is 5.32 Å². The minimum atomic E-state index is -0.876. The van der Waals surface area contributed by atoms with E-state index in [1.54, 1.807) is 6.08 Å². The Kier molecular flexibility index (Phi) is 22.9. The first-order valence-electron chi connectivity index (χ1n) is 12.7. The van der Waals surface area contributed by atoms with Crippen LogP contribution in [-0.2, 0) is 4.79 Å². The Bertz CT molecular complexity index is 629. The smallest absolute Gasteiger partial charge is 0.224 e. The summed E-state index contributed by atoms with van der Waals surface area (Å²) in [5.41, 5.74) is 0. The minimum absolute atomic E-state index is 0.203. The predicted molar refractivity (Wildman–Crippen MR) is 142 cm³/mol. The second kappa shape index (κ2) is 24.5. The predicted octanol–water partition coefficient (Wildman–Crippen LogP) is 6.49. The Morgan fingerprint density at radius 1 is 0.758 bits per heavy atom. The van der Waals surface area contributed by atoms with Crippen LogP contribution in [0.1, 0.15) is 84.5 Å². The number of aliphatic hydroxyl groups is 2. The molecule has 0 fully saturated rings. The molecule has 33 heavy (non-hydrogen) atoms. The first kappa shape index (κ1) is 30.8. The van der Waals surface area contributed by atoms with E-state index < -0.39 is 12.1 Å². The van der Waals surface area contributed by atoms with Gasteiger partial charge in [-0.1, -0.05) is 106 Å². The number of amides is 1. The van der Waals surface area contributed by atoms with Crippen LogP contribution in [0.15, 0.2) is 72.9 Å². The van der Waals surface area contributed by atoms with Gasteiger partial charge in [-0.3, -0.25) is 4.79 Å². The highest BCUT2D eigenvalue weighted by molar-refractivity contribution is 5.77. The van der Waals surface area contributed by atoms with Crippen LogP contribution < -0.4 is 5.32 Å². The lowest BCUT2D eigenvalue weighted by Gasteiger charge is -2.19. The largest absolute Gasteiger partial charge is 0.394 e. The molecule has 0 aromatic rings. The molecule has 4 heteroatoms. The third-order valence-corrected chi connectivity index (χ3v) is 4.97. The number of aliphatic hydroxyl groups excluding tert-OH is 2. The Labute approximate surface area is 202 Å².